The molecule has 0 bridgehead atoms. The average molecular weight is 282 g/mol. The van der Waals surface area contributed by atoms with Gasteiger partial charge in [-0.15, -0.1) is 0 Å². The van der Waals surface area contributed by atoms with E-state index in [1.165, 1.54) is 0 Å². The van der Waals surface area contributed by atoms with Crippen LogP contribution in [0.4, 0.5) is 4.79 Å². The van der Waals surface area contributed by atoms with E-state index in [0.29, 0.717) is 24.8 Å². The van der Waals surface area contributed by atoms with Crippen LogP contribution < -0.4 is 0 Å². The molecule has 20 heavy (non-hydrogen) atoms. The highest BCUT2D eigenvalue weighted by atomic mass is 16.4. The second-order valence-corrected chi connectivity index (χ2v) is 6.30. The lowest BCUT2D eigenvalue weighted by Gasteiger charge is -2.41. The number of carbonyl (C=O) groups excluding carboxylic acids is 1. The third-order valence-corrected chi connectivity index (χ3v) is 4.87. The fourth-order valence-corrected chi connectivity index (χ4v) is 3.25. The van der Waals surface area contributed by atoms with Crippen LogP contribution in [0.25, 0.3) is 0 Å². The monoisotopic (exact) mass is 282 g/mol. The van der Waals surface area contributed by atoms with E-state index in [4.69, 9.17) is 0 Å². The molecule has 2 fully saturated rings. The van der Waals surface area contributed by atoms with Crippen molar-refractivity contribution in [2.45, 2.75) is 52.0 Å². The van der Waals surface area contributed by atoms with Gasteiger partial charge in [0.15, 0.2) is 0 Å². The number of carbonyl (C=O) groups is 2. The lowest BCUT2D eigenvalue weighted by molar-refractivity contribution is -0.144. The zero-order chi connectivity index (χ0) is 14.7. The number of likely N-dealkylation sites (tertiary alicyclic amines) is 2. The molecule has 2 aliphatic heterocycles. The Bertz CT molecular complexity index is 364. The van der Waals surface area contributed by atoms with E-state index in [-0.39, 0.29) is 6.03 Å². The van der Waals surface area contributed by atoms with Gasteiger partial charge in [-0.3, -0.25) is 0 Å². The van der Waals surface area contributed by atoms with Crippen molar-refractivity contribution in [2.75, 3.05) is 19.6 Å². The first kappa shape index (κ1) is 15.1. The summed E-state index contributed by atoms with van der Waals surface area (Å²) in [6.07, 6.45) is 4.56. The maximum absolute atomic E-state index is 12.6. The molecule has 0 aromatic heterocycles. The number of hydrogen-bond donors (Lipinski definition) is 1. The molecule has 0 aliphatic carbocycles. The Kier molecular flexibility index (Phi) is 4.89. The molecule has 2 unspecified atom stereocenters. The number of amides is 2. The molecule has 2 amide bonds. The molecule has 2 heterocycles. The molecule has 2 saturated heterocycles. The molecule has 0 aromatic rings. The van der Waals surface area contributed by atoms with Gasteiger partial charge in [-0.25, -0.2) is 9.59 Å². The van der Waals surface area contributed by atoms with Crippen molar-refractivity contribution >= 4 is 12.0 Å². The summed E-state index contributed by atoms with van der Waals surface area (Å²) >= 11 is 0. The molecule has 0 radical (unpaired) electrons. The predicted octanol–water partition coefficient (Wildman–Crippen LogP) is 2.41. The van der Waals surface area contributed by atoms with Crippen molar-refractivity contribution in [1.29, 1.82) is 0 Å². The molecule has 5 nitrogen and oxygen atoms in total. The fourth-order valence-electron chi connectivity index (χ4n) is 3.25. The summed E-state index contributed by atoms with van der Waals surface area (Å²) in [6.45, 7) is 6.40. The number of nitrogens with zero attached hydrogens (tertiary/aromatic N) is 2. The van der Waals surface area contributed by atoms with Crippen LogP contribution in [-0.4, -0.2) is 52.6 Å². The van der Waals surface area contributed by atoms with E-state index >= 15 is 0 Å². The molecule has 0 spiro atoms. The normalized spacial score (nSPS) is 28.5. The minimum absolute atomic E-state index is 0.0705. The zero-order valence-electron chi connectivity index (χ0n) is 12.5. The molecule has 0 saturated carbocycles. The van der Waals surface area contributed by atoms with Crippen LogP contribution in [0, 0.1) is 11.8 Å². The van der Waals surface area contributed by atoms with Crippen LogP contribution in [0.1, 0.15) is 46.0 Å². The number of hydrogen-bond acceptors (Lipinski definition) is 2. The average Bonchev–Trinajstić information content (AvgIpc) is 2.46. The molecule has 0 aromatic carbocycles. The van der Waals surface area contributed by atoms with E-state index in [9.17, 15) is 14.7 Å². The highest BCUT2D eigenvalue weighted by Gasteiger charge is 2.37. The smallest absolute Gasteiger partial charge is 0.326 e. The van der Waals surface area contributed by atoms with Crippen LogP contribution in [0.2, 0.25) is 0 Å². The van der Waals surface area contributed by atoms with Gasteiger partial charge in [0.2, 0.25) is 0 Å². The lowest BCUT2D eigenvalue weighted by atomic mass is 9.89. The van der Waals surface area contributed by atoms with Crippen molar-refractivity contribution in [1.82, 2.24) is 9.80 Å². The number of rotatable bonds is 2. The van der Waals surface area contributed by atoms with Crippen molar-refractivity contribution in [3.63, 3.8) is 0 Å². The summed E-state index contributed by atoms with van der Waals surface area (Å²) in [4.78, 5) is 27.4. The summed E-state index contributed by atoms with van der Waals surface area (Å²) in [5.41, 5.74) is 0. The second kappa shape index (κ2) is 6.46. The van der Waals surface area contributed by atoms with E-state index in [1.54, 1.807) is 4.90 Å². The molecule has 2 rings (SSSR count). The molecule has 5 heteroatoms. The number of carboxylic acids is 1. The molecule has 2 aliphatic rings. The second-order valence-electron chi connectivity index (χ2n) is 6.30. The maximum atomic E-state index is 12.6. The van der Waals surface area contributed by atoms with Gasteiger partial charge >= 0.3 is 12.0 Å². The Balaban J connectivity index is 2.02. The first-order valence-corrected chi connectivity index (χ1v) is 7.81. The summed E-state index contributed by atoms with van der Waals surface area (Å²) in [7, 11) is 0. The Hall–Kier alpha value is -1.26. The predicted molar refractivity (Wildman–Crippen MR) is 76.5 cm³/mol. The summed E-state index contributed by atoms with van der Waals surface area (Å²) in [6, 6.07) is -0.709. The van der Waals surface area contributed by atoms with Crippen LogP contribution >= 0.6 is 0 Å². The van der Waals surface area contributed by atoms with Crippen LogP contribution in [-0.2, 0) is 4.79 Å². The van der Waals surface area contributed by atoms with Crippen LogP contribution in [0.3, 0.4) is 0 Å². The van der Waals surface area contributed by atoms with E-state index in [1.807, 2.05) is 4.90 Å². The van der Waals surface area contributed by atoms with E-state index in [0.717, 1.165) is 38.8 Å². The van der Waals surface area contributed by atoms with Gasteiger partial charge in [-0.05, 0) is 37.5 Å². The first-order chi connectivity index (χ1) is 9.52. The quantitative estimate of drug-likeness (QED) is 0.846. The number of piperidine rings is 2. The van der Waals surface area contributed by atoms with Crippen molar-refractivity contribution in [3.05, 3.63) is 0 Å². The Morgan fingerprint density at radius 2 is 1.80 bits per heavy atom. The molecular formula is C15H26N2O3. The van der Waals surface area contributed by atoms with E-state index in [2.05, 4.69) is 13.8 Å². The molecule has 114 valence electrons. The largest absolute Gasteiger partial charge is 0.480 e. The Labute approximate surface area is 120 Å². The highest BCUT2D eigenvalue weighted by molar-refractivity contribution is 5.83. The van der Waals surface area contributed by atoms with Gasteiger partial charge in [-0.1, -0.05) is 20.3 Å². The SMILES string of the molecule is CCC1CCN(C(=O)N2CCC(C)CC2)C(C(=O)O)C1. The fraction of sp³-hybridized carbons (Fsp3) is 0.867. The third-order valence-electron chi connectivity index (χ3n) is 4.87. The number of aliphatic carboxylic acids is 1. The topological polar surface area (TPSA) is 60.9 Å². The third kappa shape index (κ3) is 3.25. The lowest BCUT2D eigenvalue weighted by Crippen LogP contribution is -2.55. The summed E-state index contributed by atoms with van der Waals surface area (Å²) in [5.74, 6) is 0.239. The van der Waals surface area contributed by atoms with Gasteiger partial charge in [0.25, 0.3) is 0 Å². The molecular weight excluding hydrogens is 256 g/mol. The molecule has 2 atom stereocenters. The standard InChI is InChI=1S/C15H26N2O3/c1-3-12-6-9-17(13(10-12)14(18)19)15(20)16-7-4-11(2)5-8-16/h11-13H,3-10H2,1-2H3,(H,18,19). The summed E-state index contributed by atoms with van der Waals surface area (Å²) < 4.78 is 0. The maximum Gasteiger partial charge on any atom is 0.326 e. The number of carboxylic acid groups (broad SMARTS) is 1. The minimum atomic E-state index is -0.859. The highest BCUT2D eigenvalue weighted by Crippen LogP contribution is 2.27. The first-order valence-electron chi connectivity index (χ1n) is 7.81. The van der Waals surface area contributed by atoms with Crippen molar-refractivity contribution in [3.8, 4) is 0 Å². The van der Waals surface area contributed by atoms with Gasteiger partial charge < -0.3 is 14.9 Å². The zero-order valence-corrected chi connectivity index (χ0v) is 12.5. The van der Waals surface area contributed by atoms with Crippen LogP contribution in [0.5, 0.6) is 0 Å². The van der Waals surface area contributed by atoms with Gasteiger partial charge in [0.1, 0.15) is 6.04 Å². The van der Waals surface area contributed by atoms with E-state index < -0.39 is 12.0 Å². The van der Waals surface area contributed by atoms with Crippen molar-refractivity contribution < 1.29 is 14.7 Å². The number of urea groups is 1. The van der Waals surface area contributed by atoms with Gasteiger partial charge in [0.05, 0.1) is 0 Å². The van der Waals surface area contributed by atoms with Gasteiger partial charge in [0, 0.05) is 19.6 Å². The Morgan fingerprint density at radius 3 is 2.35 bits per heavy atom. The van der Waals surface area contributed by atoms with Gasteiger partial charge in [-0.2, -0.15) is 0 Å². The minimum Gasteiger partial charge on any atom is -0.480 e. The Morgan fingerprint density at radius 1 is 1.15 bits per heavy atom. The molecule has 1 N–H and O–H groups in total. The van der Waals surface area contributed by atoms with Crippen LogP contribution in [0.15, 0.2) is 0 Å². The van der Waals surface area contributed by atoms with Crippen molar-refractivity contribution in [2.24, 2.45) is 11.8 Å². The summed E-state index contributed by atoms with van der Waals surface area (Å²) in [5, 5.41) is 9.40.